The topological polar surface area (TPSA) is 107 Å². The van der Waals surface area contributed by atoms with E-state index in [0.29, 0.717) is 30.7 Å². The van der Waals surface area contributed by atoms with Crippen molar-refractivity contribution in [1.82, 2.24) is 4.72 Å². The fourth-order valence-corrected chi connectivity index (χ4v) is 9.09. The lowest BCUT2D eigenvalue weighted by atomic mass is 9.68. The molecule has 4 aliphatic rings. The van der Waals surface area contributed by atoms with Crippen LogP contribution < -0.4 is 14.4 Å². The Balaban J connectivity index is 1.51. The second kappa shape index (κ2) is 12.4. The van der Waals surface area contributed by atoms with Gasteiger partial charge in [0.2, 0.25) is 5.91 Å². The molecule has 2 bridgehead atoms. The predicted octanol–water partition coefficient (Wildman–Crippen LogP) is 5.62. The molecule has 0 aromatic heterocycles. The third-order valence-electron chi connectivity index (χ3n) is 9.83. The number of hydrogen-bond acceptors (Lipinski definition) is 7. The summed E-state index contributed by atoms with van der Waals surface area (Å²) in [6.07, 6.45) is 8.83. The first-order chi connectivity index (χ1) is 21.4. The van der Waals surface area contributed by atoms with E-state index in [9.17, 15) is 13.8 Å². The normalized spacial score (nSPS) is 31.7. The van der Waals surface area contributed by atoms with Gasteiger partial charge < -0.3 is 19.1 Å². The first-order valence-electron chi connectivity index (χ1n) is 15.7. The first kappa shape index (κ1) is 32.0. The van der Waals surface area contributed by atoms with Crippen molar-refractivity contribution in [1.29, 1.82) is 0 Å². The van der Waals surface area contributed by atoms with Gasteiger partial charge in [0.25, 0.3) is 5.91 Å². The molecule has 11 heteroatoms. The van der Waals surface area contributed by atoms with E-state index in [4.69, 9.17) is 25.8 Å². The summed E-state index contributed by atoms with van der Waals surface area (Å²) < 4.78 is 39.5. The molecule has 0 saturated heterocycles. The van der Waals surface area contributed by atoms with Gasteiger partial charge in [-0.25, -0.2) is 4.21 Å². The van der Waals surface area contributed by atoms with Crippen molar-refractivity contribution in [3.63, 3.8) is 0 Å². The number of ether oxygens (including phenoxy) is 3. The van der Waals surface area contributed by atoms with E-state index < -0.39 is 27.3 Å². The van der Waals surface area contributed by atoms with Crippen LogP contribution in [-0.2, 0) is 40.8 Å². The summed E-state index contributed by atoms with van der Waals surface area (Å²) in [5.74, 6) is 0.0161. The maximum atomic E-state index is 14.5. The van der Waals surface area contributed by atoms with E-state index in [1.54, 1.807) is 39.2 Å². The van der Waals surface area contributed by atoms with Gasteiger partial charge in [-0.3, -0.25) is 14.3 Å². The van der Waals surface area contributed by atoms with Crippen LogP contribution in [0.15, 0.2) is 57.8 Å². The summed E-state index contributed by atoms with van der Waals surface area (Å²) in [5, 5.41) is 0.730. The zero-order chi connectivity index (χ0) is 32.0. The number of rotatable bonds is 2. The largest absolute Gasteiger partial charge is 0.490 e. The average molecular weight is 656 g/mol. The minimum atomic E-state index is -3.70. The van der Waals surface area contributed by atoms with Crippen LogP contribution in [0, 0.1) is 11.8 Å². The predicted molar refractivity (Wildman–Crippen MR) is 174 cm³/mol. The van der Waals surface area contributed by atoms with Crippen molar-refractivity contribution in [2.75, 3.05) is 38.3 Å². The van der Waals surface area contributed by atoms with Gasteiger partial charge in [0.05, 0.1) is 29.9 Å². The van der Waals surface area contributed by atoms with Crippen LogP contribution in [0.2, 0.25) is 5.02 Å². The van der Waals surface area contributed by atoms with Crippen molar-refractivity contribution < 1.29 is 28.0 Å². The molecule has 0 radical (unpaired) electrons. The molecule has 1 unspecified atom stereocenters. The Morgan fingerprint density at radius 2 is 2.02 bits per heavy atom. The third kappa shape index (κ3) is 6.26. The van der Waals surface area contributed by atoms with Crippen LogP contribution in [0.25, 0.3) is 0 Å². The third-order valence-corrected chi connectivity index (χ3v) is 11.9. The molecule has 5 atom stereocenters. The molecule has 2 aromatic carbocycles. The van der Waals surface area contributed by atoms with Crippen LogP contribution in [0.4, 0.5) is 5.69 Å². The van der Waals surface area contributed by atoms with Gasteiger partial charge in [-0.1, -0.05) is 29.8 Å². The average Bonchev–Trinajstić information content (AvgIpc) is 3.12. The van der Waals surface area contributed by atoms with E-state index in [-0.39, 0.29) is 23.0 Å². The molecule has 1 fully saturated rings. The number of nitrogens with zero attached hydrogens (tertiary/aromatic N) is 2. The monoisotopic (exact) mass is 655 g/mol. The van der Waals surface area contributed by atoms with Crippen molar-refractivity contribution >= 4 is 39.0 Å². The summed E-state index contributed by atoms with van der Waals surface area (Å²) in [6.45, 7) is 6.49. The highest BCUT2D eigenvalue weighted by Gasteiger charge is 2.44. The number of anilines is 1. The molecule has 2 amide bonds. The Bertz CT molecular complexity index is 1650. The number of nitrogens with one attached hydrogen (secondary N) is 1. The minimum Gasteiger partial charge on any atom is -0.490 e. The van der Waals surface area contributed by atoms with Gasteiger partial charge in [0, 0.05) is 37.6 Å². The highest BCUT2D eigenvalue weighted by Crippen LogP contribution is 2.47. The van der Waals surface area contributed by atoms with Crippen LogP contribution in [0.1, 0.15) is 57.6 Å². The van der Waals surface area contributed by atoms with E-state index >= 15 is 0 Å². The van der Waals surface area contributed by atoms with E-state index in [1.807, 2.05) is 18.2 Å². The van der Waals surface area contributed by atoms with E-state index in [1.165, 1.54) is 18.1 Å². The van der Waals surface area contributed by atoms with E-state index in [2.05, 4.69) is 26.1 Å². The summed E-state index contributed by atoms with van der Waals surface area (Å²) >= 11 is 6.43. The number of carbonyl (C=O) groups excluding carboxylic acids is 2. The van der Waals surface area contributed by atoms with Crippen molar-refractivity contribution in [2.24, 2.45) is 16.2 Å². The molecule has 2 aliphatic heterocycles. The van der Waals surface area contributed by atoms with Gasteiger partial charge in [-0.15, -0.1) is 4.36 Å². The van der Waals surface area contributed by atoms with Crippen LogP contribution >= 0.6 is 11.6 Å². The molecule has 1 saturated carbocycles. The second-order valence-corrected chi connectivity index (χ2v) is 15.6. The number of benzene rings is 2. The Hall–Kier alpha value is -2.92. The molecule has 45 heavy (non-hydrogen) atoms. The lowest BCUT2D eigenvalue weighted by molar-refractivity contribution is -0.137. The molecule has 6 rings (SSSR count). The lowest BCUT2D eigenvalue weighted by Crippen LogP contribution is -2.49. The molecule has 1 N–H and O–H groups in total. The van der Waals surface area contributed by atoms with Crippen molar-refractivity contribution in [2.45, 2.75) is 74.9 Å². The van der Waals surface area contributed by atoms with Gasteiger partial charge >= 0.3 is 0 Å². The SMILES string of the molecule is CO[C@H]1/C=C/COC(C)(C)C(=O)N=S(=O)(NC(C)=O)c2ccc3c(c2)N(C[C@@H]2CC[C@H]21)C[C@@]1(CCCc2cc(Cl)ccc21)CO3. The van der Waals surface area contributed by atoms with E-state index in [0.717, 1.165) is 49.4 Å². The minimum absolute atomic E-state index is 0.0946. The number of amides is 2. The number of hydrogen-bond donors (Lipinski definition) is 1. The second-order valence-electron chi connectivity index (χ2n) is 13.3. The Labute approximate surface area is 270 Å². The molecule has 2 aromatic rings. The Kier molecular flexibility index (Phi) is 8.80. The number of methoxy groups -OCH3 is 1. The maximum Gasteiger partial charge on any atom is 0.287 e. The molecule has 2 aliphatic carbocycles. The zero-order valence-corrected chi connectivity index (χ0v) is 27.9. The fourth-order valence-electron chi connectivity index (χ4n) is 7.26. The fraction of sp³-hybridized carbons (Fsp3) is 0.529. The quantitative estimate of drug-likeness (QED) is 0.419. The Morgan fingerprint density at radius 3 is 2.76 bits per heavy atom. The molecule has 9 nitrogen and oxygen atoms in total. The molecule has 1 spiro atoms. The lowest BCUT2D eigenvalue weighted by Gasteiger charge is -2.46. The van der Waals surface area contributed by atoms with Gasteiger partial charge in [0.15, 0.2) is 9.92 Å². The highest BCUT2D eigenvalue weighted by atomic mass is 35.5. The number of fused-ring (bicyclic) bond motifs is 4. The summed E-state index contributed by atoms with van der Waals surface area (Å²) in [5.41, 5.74) is 1.61. The molecular formula is C34H42ClN3O6S. The Morgan fingerprint density at radius 1 is 1.20 bits per heavy atom. The summed E-state index contributed by atoms with van der Waals surface area (Å²) in [7, 11) is -1.97. The van der Waals surface area contributed by atoms with Crippen LogP contribution in [0.3, 0.4) is 0 Å². The van der Waals surface area contributed by atoms with Crippen molar-refractivity contribution in [3.8, 4) is 5.75 Å². The summed E-state index contributed by atoms with van der Waals surface area (Å²) in [6, 6.07) is 11.4. The van der Waals surface area contributed by atoms with Crippen LogP contribution in [-0.4, -0.2) is 61.1 Å². The van der Waals surface area contributed by atoms with Gasteiger partial charge in [0.1, 0.15) is 11.4 Å². The number of carbonyl (C=O) groups is 2. The number of halogens is 1. The number of aryl methyl sites for hydroxylation is 1. The first-order valence-corrected chi connectivity index (χ1v) is 17.6. The smallest absolute Gasteiger partial charge is 0.287 e. The maximum absolute atomic E-state index is 14.5. The standard InChI is InChI=1S/C34H42ClN3O6S/c1-22(39)36-45(41)26-11-14-31-29(18-26)38(20-34(21-43-31)15-5-7-23-17-25(35)10-13-28(23)34)19-24-9-12-27(24)30(42-4)8-6-16-44-33(2,3)32(40)37-45/h6,8,10-11,13-14,17-18,24,27,30H,5,7,9,12,15-16,19-21H2,1-4H3,(H,36,37,39,40,41)/b8-6+/t24-,27+,30-,34-,45?/m0/s1. The molecular weight excluding hydrogens is 614 g/mol. The van der Waals surface area contributed by atoms with Crippen molar-refractivity contribution in [3.05, 3.63) is 64.7 Å². The zero-order valence-electron chi connectivity index (χ0n) is 26.3. The van der Waals surface area contributed by atoms with Crippen LogP contribution in [0.5, 0.6) is 5.75 Å². The molecule has 242 valence electrons. The van der Waals surface area contributed by atoms with Gasteiger partial charge in [-0.2, -0.15) is 0 Å². The van der Waals surface area contributed by atoms with Gasteiger partial charge in [-0.05, 0) is 99.2 Å². The summed E-state index contributed by atoms with van der Waals surface area (Å²) in [4.78, 5) is 28.3. The highest BCUT2D eigenvalue weighted by molar-refractivity contribution is 7.92. The molecule has 2 heterocycles.